The normalized spacial score (nSPS) is 18.5. The number of aromatic nitrogens is 2. The zero-order chi connectivity index (χ0) is 21.8. The van der Waals surface area contributed by atoms with Crippen LogP contribution in [0.3, 0.4) is 0 Å². The summed E-state index contributed by atoms with van der Waals surface area (Å²) in [5.74, 6) is 0.992. The van der Waals surface area contributed by atoms with Gasteiger partial charge in [-0.25, -0.2) is 0 Å². The van der Waals surface area contributed by atoms with Gasteiger partial charge in [0, 0.05) is 19.1 Å². The molecule has 4 rings (SSSR count). The minimum Gasteiger partial charge on any atom is -0.354 e. The molecule has 164 valence electrons. The highest BCUT2D eigenvalue weighted by atomic mass is 35.5. The lowest BCUT2D eigenvalue weighted by atomic mass is 9.97. The van der Waals surface area contributed by atoms with Crippen molar-refractivity contribution in [3.05, 3.63) is 40.9 Å². The fourth-order valence-corrected chi connectivity index (χ4v) is 4.45. The Morgan fingerprint density at radius 3 is 2.74 bits per heavy atom. The number of nitrogens with one attached hydrogen (secondary N) is 2. The predicted octanol–water partition coefficient (Wildman–Crippen LogP) is 3.66. The highest BCUT2D eigenvalue weighted by Gasteiger charge is 2.30. The van der Waals surface area contributed by atoms with E-state index in [9.17, 15) is 9.59 Å². The molecule has 1 aromatic heterocycles. The van der Waals surface area contributed by atoms with Crippen LogP contribution in [0.15, 0.2) is 35.4 Å². The third kappa shape index (κ3) is 6.11. The molecule has 1 atom stereocenters. The van der Waals surface area contributed by atoms with Crippen LogP contribution in [-0.2, 0) is 9.59 Å². The lowest BCUT2D eigenvalue weighted by Crippen LogP contribution is -2.44. The summed E-state index contributed by atoms with van der Waals surface area (Å²) >= 11 is 7.49. The number of halogens is 1. The summed E-state index contributed by atoms with van der Waals surface area (Å²) in [4.78, 5) is 26.7. The molecular weight excluding hydrogens is 434 g/mol. The van der Waals surface area contributed by atoms with Crippen molar-refractivity contribution in [3.63, 3.8) is 0 Å². The Morgan fingerprint density at radius 2 is 2.03 bits per heavy atom. The summed E-state index contributed by atoms with van der Waals surface area (Å²) < 4.78 is 0. The molecule has 9 heteroatoms. The van der Waals surface area contributed by atoms with Crippen molar-refractivity contribution >= 4 is 46.7 Å². The van der Waals surface area contributed by atoms with Crippen molar-refractivity contribution in [1.29, 1.82) is 0 Å². The molecule has 2 aliphatic rings. The Kier molecular flexibility index (Phi) is 6.97. The van der Waals surface area contributed by atoms with Crippen molar-refractivity contribution in [1.82, 2.24) is 15.5 Å². The summed E-state index contributed by atoms with van der Waals surface area (Å²) in [6.45, 7) is 3.48. The lowest BCUT2D eigenvalue weighted by Gasteiger charge is -2.32. The fourth-order valence-electron chi connectivity index (χ4n) is 3.55. The van der Waals surface area contributed by atoms with Crippen LogP contribution in [0.1, 0.15) is 31.2 Å². The SMILES string of the molecule is Cc1ccc(NC(=O)CSc2ccc(N3CCC[C@@H](C(=O)NC4CC4)C3)nn2)c(Cl)c1. The van der Waals surface area contributed by atoms with Gasteiger partial charge in [0.1, 0.15) is 5.03 Å². The van der Waals surface area contributed by atoms with Crippen molar-refractivity contribution < 1.29 is 9.59 Å². The number of aryl methyl sites for hydroxylation is 1. The minimum absolute atomic E-state index is 0.00231. The Labute approximate surface area is 191 Å². The Morgan fingerprint density at radius 1 is 1.19 bits per heavy atom. The molecule has 1 aliphatic carbocycles. The predicted molar refractivity (Wildman–Crippen MR) is 124 cm³/mol. The molecule has 2 aromatic rings. The van der Waals surface area contributed by atoms with E-state index in [1.165, 1.54) is 11.8 Å². The molecule has 2 heterocycles. The van der Waals surface area contributed by atoms with E-state index in [0.29, 0.717) is 28.3 Å². The van der Waals surface area contributed by atoms with E-state index >= 15 is 0 Å². The molecule has 2 fully saturated rings. The van der Waals surface area contributed by atoms with Gasteiger partial charge in [-0.3, -0.25) is 9.59 Å². The maximum Gasteiger partial charge on any atom is 0.234 e. The van der Waals surface area contributed by atoms with Crippen LogP contribution >= 0.6 is 23.4 Å². The average Bonchev–Trinajstić information content (AvgIpc) is 3.59. The first-order valence-corrected chi connectivity index (χ1v) is 11.9. The quantitative estimate of drug-likeness (QED) is 0.614. The first-order valence-electron chi connectivity index (χ1n) is 10.6. The number of rotatable bonds is 7. The van der Waals surface area contributed by atoms with Gasteiger partial charge in [0.05, 0.1) is 22.4 Å². The van der Waals surface area contributed by atoms with Crippen LogP contribution in [0.4, 0.5) is 11.5 Å². The van der Waals surface area contributed by atoms with E-state index in [0.717, 1.165) is 43.6 Å². The van der Waals surface area contributed by atoms with Gasteiger partial charge in [0.25, 0.3) is 0 Å². The molecule has 0 bridgehead atoms. The Balaban J connectivity index is 1.27. The monoisotopic (exact) mass is 459 g/mol. The number of anilines is 2. The molecule has 31 heavy (non-hydrogen) atoms. The van der Waals surface area contributed by atoms with E-state index in [-0.39, 0.29) is 23.5 Å². The molecule has 7 nitrogen and oxygen atoms in total. The number of thioether (sulfide) groups is 1. The summed E-state index contributed by atoms with van der Waals surface area (Å²) in [6.07, 6.45) is 4.07. The maximum atomic E-state index is 12.4. The molecule has 0 radical (unpaired) electrons. The number of amides is 2. The molecule has 0 spiro atoms. The average molecular weight is 460 g/mol. The summed E-state index contributed by atoms with van der Waals surface area (Å²) in [5, 5.41) is 15.7. The van der Waals surface area contributed by atoms with Gasteiger partial charge in [-0.05, 0) is 62.4 Å². The van der Waals surface area contributed by atoms with Gasteiger partial charge in [-0.2, -0.15) is 0 Å². The van der Waals surface area contributed by atoms with Gasteiger partial charge in [0.15, 0.2) is 5.82 Å². The van der Waals surface area contributed by atoms with Crippen molar-refractivity contribution in [2.75, 3.05) is 29.1 Å². The largest absolute Gasteiger partial charge is 0.354 e. The number of hydrogen-bond donors (Lipinski definition) is 2. The molecule has 1 aromatic carbocycles. The fraction of sp³-hybridized carbons (Fsp3) is 0.455. The molecule has 2 N–H and O–H groups in total. The van der Waals surface area contributed by atoms with E-state index < -0.39 is 0 Å². The zero-order valence-corrected chi connectivity index (χ0v) is 19.0. The van der Waals surface area contributed by atoms with Crippen LogP contribution in [0, 0.1) is 12.8 Å². The number of nitrogens with zero attached hydrogens (tertiary/aromatic N) is 3. The van der Waals surface area contributed by atoms with Crippen molar-refractivity contribution in [2.45, 2.75) is 43.7 Å². The van der Waals surface area contributed by atoms with Crippen LogP contribution in [0.2, 0.25) is 5.02 Å². The highest BCUT2D eigenvalue weighted by Crippen LogP contribution is 2.26. The summed E-state index contributed by atoms with van der Waals surface area (Å²) in [7, 11) is 0. The minimum atomic E-state index is -0.151. The number of piperidine rings is 1. The Bertz CT molecular complexity index is 951. The van der Waals surface area contributed by atoms with Crippen LogP contribution in [0.5, 0.6) is 0 Å². The van der Waals surface area contributed by atoms with Gasteiger partial charge in [0.2, 0.25) is 11.8 Å². The number of carbonyl (C=O) groups excluding carboxylic acids is 2. The van der Waals surface area contributed by atoms with Crippen molar-refractivity contribution in [3.8, 4) is 0 Å². The van der Waals surface area contributed by atoms with E-state index in [4.69, 9.17) is 11.6 Å². The molecule has 1 saturated heterocycles. The van der Waals surface area contributed by atoms with Gasteiger partial charge >= 0.3 is 0 Å². The topological polar surface area (TPSA) is 87.2 Å². The van der Waals surface area contributed by atoms with Gasteiger partial charge < -0.3 is 15.5 Å². The first kappa shape index (κ1) is 21.9. The highest BCUT2D eigenvalue weighted by molar-refractivity contribution is 7.99. The number of benzene rings is 1. The standard InChI is InChI=1S/C22H26ClN5O2S/c1-14-4-7-18(17(23)11-14)25-20(29)13-31-21-9-8-19(26-27-21)28-10-2-3-15(12-28)22(30)24-16-5-6-16/h4,7-9,11,15-16H,2-3,5-6,10,12-13H2,1H3,(H,24,30)(H,25,29)/t15-/m1/s1. The van der Waals surface area contributed by atoms with Gasteiger partial charge in [-0.15, -0.1) is 10.2 Å². The smallest absolute Gasteiger partial charge is 0.234 e. The molecule has 0 unspecified atom stereocenters. The molecular formula is C22H26ClN5O2S. The van der Waals surface area contributed by atoms with E-state index in [1.807, 2.05) is 31.2 Å². The maximum absolute atomic E-state index is 12.4. The molecule has 1 saturated carbocycles. The molecule has 2 amide bonds. The van der Waals surface area contributed by atoms with Gasteiger partial charge in [-0.1, -0.05) is 29.4 Å². The van der Waals surface area contributed by atoms with Crippen LogP contribution in [-0.4, -0.2) is 46.9 Å². The summed E-state index contributed by atoms with van der Waals surface area (Å²) in [6, 6.07) is 9.68. The van der Waals surface area contributed by atoms with Crippen molar-refractivity contribution in [2.24, 2.45) is 5.92 Å². The van der Waals surface area contributed by atoms with Crippen LogP contribution < -0.4 is 15.5 Å². The first-order chi connectivity index (χ1) is 15.0. The lowest BCUT2D eigenvalue weighted by molar-refractivity contribution is -0.125. The second-order valence-corrected chi connectivity index (χ2v) is 9.52. The second kappa shape index (κ2) is 9.87. The third-order valence-corrected chi connectivity index (χ3v) is 6.65. The van der Waals surface area contributed by atoms with E-state index in [2.05, 4.69) is 25.7 Å². The zero-order valence-electron chi connectivity index (χ0n) is 17.4. The number of carbonyl (C=O) groups is 2. The number of hydrogen-bond acceptors (Lipinski definition) is 6. The van der Waals surface area contributed by atoms with E-state index in [1.54, 1.807) is 6.07 Å². The summed E-state index contributed by atoms with van der Waals surface area (Å²) in [5.41, 5.74) is 1.64. The Hall–Kier alpha value is -2.32. The second-order valence-electron chi connectivity index (χ2n) is 8.12. The third-order valence-electron chi connectivity index (χ3n) is 5.42. The molecule has 1 aliphatic heterocycles. The van der Waals surface area contributed by atoms with Crippen LogP contribution in [0.25, 0.3) is 0 Å².